The number of halogens is 2. The first kappa shape index (κ1) is 25.2. The fourth-order valence-electron chi connectivity index (χ4n) is 5.81. The number of anilines is 1. The molecule has 8 heteroatoms. The number of methoxy groups -OCH3 is 2. The van der Waals surface area contributed by atoms with Crippen molar-refractivity contribution in [2.24, 2.45) is 0 Å². The molecular weight excluding hydrogens is 452 g/mol. The Morgan fingerprint density at radius 1 is 1.09 bits per heavy atom. The smallest absolute Gasteiger partial charge is 0.319 e. The van der Waals surface area contributed by atoms with Crippen molar-refractivity contribution in [1.82, 2.24) is 10.2 Å². The fraction of sp³-hybridized carbons (Fsp3) is 0.519. The molecule has 0 radical (unpaired) electrons. The summed E-state index contributed by atoms with van der Waals surface area (Å²) in [5, 5.41) is 5.69. The lowest BCUT2D eigenvalue weighted by molar-refractivity contribution is 0.135. The van der Waals surface area contributed by atoms with Crippen LogP contribution in [0, 0.1) is 11.6 Å². The SMILES string of the molecule is CCCCN1CC[C@]2(c3ccc(OC)c(OC)c3)CC[C@H](NC(=O)Nc3ccc(F)c(F)c3)C[C@@H]12. The molecule has 2 aliphatic rings. The molecule has 0 aromatic heterocycles. The zero-order valence-electron chi connectivity index (χ0n) is 20.7. The number of likely N-dealkylation sites (tertiary alicyclic amines) is 1. The molecule has 1 aliphatic heterocycles. The van der Waals surface area contributed by atoms with Crippen LogP contribution in [0.1, 0.15) is 51.0 Å². The van der Waals surface area contributed by atoms with Crippen molar-refractivity contribution >= 4 is 11.7 Å². The molecule has 190 valence electrons. The lowest BCUT2D eigenvalue weighted by Crippen LogP contribution is -2.53. The van der Waals surface area contributed by atoms with E-state index in [9.17, 15) is 13.6 Å². The Morgan fingerprint density at radius 2 is 1.89 bits per heavy atom. The van der Waals surface area contributed by atoms with Crippen LogP contribution in [0.15, 0.2) is 36.4 Å². The van der Waals surface area contributed by atoms with Gasteiger partial charge in [-0.05, 0) is 75.0 Å². The first-order chi connectivity index (χ1) is 16.9. The normalized spacial score (nSPS) is 24.0. The monoisotopic (exact) mass is 487 g/mol. The number of hydrogen-bond acceptors (Lipinski definition) is 4. The quantitative estimate of drug-likeness (QED) is 0.519. The number of unbranched alkanes of at least 4 members (excludes halogenated alkanes) is 1. The Bertz CT molecular complexity index is 1050. The lowest BCUT2D eigenvalue weighted by Gasteiger charge is -2.45. The van der Waals surface area contributed by atoms with Crippen LogP contribution in [0.2, 0.25) is 0 Å². The Hall–Kier alpha value is -2.87. The van der Waals surface area contributed by atoms with Gasteiger partial charge in [-0.15, -0.1) is 0 Å². The molecule has 6 nitrogen and oxygen atoms in total. The van der Waals surface area contributed by atoms with E-state index in [1.165, 1.54) is 11.6 Å². The highest BCUT2D eigenvalue weighted by atomic mass is 19.2. The third kappa shape index (κ3) is 5.22. The van der Waals surface area contributed by atoms with Crippen LogP contribution < -0.4 is 20.1 Å². The molecule has 2 amide bonds. The molecule has 1 aliphatic carbocycles. The van der Waals surface area contributed by atoms with Gasteiger partial charge in [0.2, 0.25) is 0 Å². The topological polar surface area (TPSA) is 62.8 Å². The highest BCUT2D eigenvalue weighted by Gasteiger charge is 2.51. The van der Waals surface area contributed by atoms with Crippen molar-refractivity contribution in [3.63, 3.8) is 0 Å². The molecule has 2 fully saturated rings. The molecule has 1 saturated carbocycles. The van der Waals surface area contributed by atoms with Crippen LogP contribution >= 0.6 is 0 Å². The predicted octanol–water partition coefficient (Wildman–Crippen LogP) is 5.47. The van der Waals surface area contributed by atoms with Gasteiger partial charge in [0.25, 0.3) is 0 Å². The first-order valence-electron chi connectivity index (χ1n) is 12.4. The average molecular weight is 488 g/mol. The number of ether oxygens (including phenoxy) is 2. The average Bonchev–Trinajstić information content (AvgIpc) is 3.23. The van der Waals surface area contributed by atoms with Crippen molar-refractivity contribution < 1.29 is 23.0 Å². The number of nitrogens with zero attached hydrogens (tertiary/aromatic N) is 1. The Labute approximate surface area is 206 Å². The lowest BCUT2D eigenvalue weighted by atomic mass is 9.65. The van der Waals surface area contributed by atoms with E-state index in [4.69, 9.17) is 9.47 Å². The number of amides is 2. The molecule has 0 bridgehead atoms. The largest absolute Gasteiger partial charge is 0.493 e. The first-order valence-corrected chi connectivity index (χ1v) is 12.4. The maximum absolute atomic E-state index is 13.5. The molecule has 2 N–H and O–H groups in total. The molecule has 1 heterocycles. The van der Waals surface area contributed by atoms with E-state index in [1.807, 2.05) is 6.07 Å². The van der Waals surface area contributed by atoms with Crippen molar-refractivity contribution in [2.45, 2.75) is 62.9 Å². The van der Waals surface area contributed by atoms with Gasteiger partial charge in [-0.1, -0.05) is 19.4 Å². The number of fused-ring (bicyclic) bond motifs is 1. The predicted molar refractivity (Wildman–Crippen MR) is 132 cm³/mol. The van der Waals surface area contributed by atoms with Crippen LogP contribution in [0.4, 0.5) is 19.3 Å². The summed E-state index contributed by atoms with van der Waals surface area (Å²) in [6, 6.07) is 9.46. The van der Waals surface area contributed by atoms with Crippen molar-refractivity contribution in [3.05, 3.63) is 53.6 Å². The third-order valence-corrected chi connectivity index (χ3v) is 7.64. The molecule has 2 aromatic carbocycles. The zero-order chi connectivity index (χ0) is 25.0. The standard InChI is InChI=1S/C27H35F2N3O3/c1-4-5-13-32-14-12-27(18-6-9-23(34-2)24(15-18)35-3)11-10-20(17-25(27)32)31-26(33)30-19-7-8-21(28)22(29)16-19/h6-9,15-16,20,25H,4-5,10-14,17H2,1-3H3,(H2,30,31,33)/t20-,25+,27-/m0/s1. The second kappa shape index (κ2) is 10.8. The van der Waals surface area contributed by atoms with Gasteiger partial charge in [0, 0.05) is 29.3 Å². The van der Waals surface area contributed by atoms with E-state index >= 15 is 0 Å². The molecule has 0 spiro atoms. The van der Waals surface area contributed by atoms with Crippen molar-refractivity contribution in [1.29, 1.82) is 0 Å². The van der Waals surface area contributed by atoms with E-state index in [0.29, 0.717) is 5.75 Å². The molecular formula is C27H35F2N3O3. The number of hydrogen-bond donors (Lipinski definition) is 2. The summed E-state index contributed by atoms with van der Waals surface area (Å²) in [4.78, 5) is 15.2. The molecule has 35 heavy (non-hydrogen) atoms. The highest BCUT2D eigenvalue weighted by Crippen LogP contribution is 2.50. The minimum atomic E-state index is -0.988. The summed E-state index contributed by atoms with van der Waals surface area (Å²) in [6.07, 6.45) is 5.91. The van der Waals surface area contributed by atoms with Gasteiger partial charge >= 0.3 is 6.03 Å². The van der Waals surface area contributed by atoms with Gasteiger partial charge in [-0.2, -0.15) is 0 Å². The number of carbonyl (C=O) groups is 1. The summed E-state index contributed by atoms with van der Waals surface area (Å²) < 4.78 is 37.8. The summed E-state index contributed by atoms with van der Waals surface area (Å²) in [6.45, 7) is 4.25. The second-order valence-electron chi connectivity index (χ2n) is 9.58. The van der Waals surface area contributed by atoms with Crippen LogP contribution in [0.3, 0.4) is 0 Å². The summed E-state index contributed by atoms with van der Waals surface area (Å²) >= 11 is 0. The van der Waals surface area contributed by atoms with E-state index < -0.39 is 17.7 Å². The summed E-state index contributed by atoms with van der Waals surface area (Å²) in [5.74, 6) is -0.480. The second-order valence-corrected chi connectivity index (χ2v) is 9.58. The minimum Gasteiger partial charge on any atom is -0.493 e. The zero-order valence-corrected chi connectivity index (χ0v) is 20.7. The Morgan fingerprint density at radius 3 is 2.60 bits per heavy atom. The number of urea groups is 1. The number of nitrogens with one attached hydrogen (secondary N) is 2. The third-order valence-electron chi connectivity index (χ3n) is 7.64. The van der Waals surface area contributed by atoms with Crippen molar-refractivity contribution in [2.75, 3.05) is 32.6 Å². The fourth-order valence-corrected chi connectivity index (χ4v) is 5.81. The van der Waals surface area contributed by atoms with E-state index in [-0.39, 0.29) is 23.2 Å². The highest BCUT2D eigenvalue weighted by molar-refractivity contribution is 5.89. The molecule has 3 atom stereocenters. The maximum atomic E-state index is 13.5. The summed E-state index contributed by atoms with van der Waals surface area (Å²) in [5.41, 5.74) is 1.47. The van der Waals surface area contributed by atoms with Crippen LogP contribution in [-0.2, 0) is 5.41 Å². The van der Waals surface area contributed by atoms with Crippen LogP contribution in [-0.4, -0.2) is 50.3 Å². The van der Waals surface area contributed by atoms with Crippen molar-refractivity contribution in [3.8, 4) is 11.5 Å². The molecule has 2 aromatic rings. The Balaban J connectivity index is 1.52. The van der Waals surface area contributed by atoms with Gasteiger partial charge in [-0.25, -0.2) is 13.6 Å². The molecule has 0 unspecified atom stereocenters. The minimum absolute atomic E-state index is 0.0119. The number of benzene rings is 2. The number of rotatable bonds is 8. The van der Waals surface area contributed by atoms with Crippen LogP contribution in [0.5, 0.6) is 11.5 Å². The van der Waals surface area contributed by atoms with E-state index in [0.717, 1.165) is 69.5 Å². The van der Waals surface area contributed by atoms with E-state index in [2.05, 4.69) is 34.6 Å². The molecule has 1 saturated heterocycles. The van der Waals surface area contributed by atoms with Gasteiger partial charge in [0.15, 0.2) is 23.1 Å². The summed E-state index contributed by atoms with van der Waals surface area (Å²) in [7, 11) is 3.30. The van der Waals surface area contributed by atoms with Gasteiger partial charge < -0.3 is 20.1 Å². The van der Waals surface area contributed by atoms with Gasteiger partial charge in [0.1, 0.15) is 0 Å². The van der Waals surface area contributed by atoms with Crippen LogP contribution in [0.25, 0.3) is 0 Å². The maximum Gasteiger partial charge on any atom is 0.319 e. The number of carbonyl (C=O) groups excluding carboxylic acids is 1. The van der Waals surface area contributed by atoms with Gasteiger partial charge in [0.05, 0.1) is 14.2 Å². The Kier molecular flexibility index (Phi) is 7.79. The van der Waals surface area contributed by atoms with E-state index in [1.54, 1.807) is 14.2 Å². The molecule has 4 rings (SSSR count). The van der Waals surface area contributed by atoms with Gasteiger partial charge in [-0.3, -0.25) is 4.90 Å².